The second-order valence-corrected chi connectivity index (χ2v) is 9.59. The number of imidazole rings is 1. The van der Waals surface area contributed by atoms with Gasteiger partial charge in [0, 0.05) is 36.8 Å². The van der Waals surface area contributed by atoms with Crippen LogP contribution >= 0.6 is 11.3 Å². The molecule has 0 aliphatic heterocycles. The van der Waals surface area contributed by atoms with Crippen LogP contribution in [0.5, 0.6) is 0 Å². The standard InChI is InChI=1S/C28H24N6O3S/c1-33(27(37)19-10-6-3-7-11-19)20-12-13-22-21(16-20)31-28(34(22)15-14-24(29)35)32-25(36)23-17-30-26(38-23)18-8-4-2-5-9-18/h2-13,16-17H,14-15H2,1H3,(H2,29,35)(H,31,32,36). The average molecular weight is 525 g/mol. The number of nitrogens with two attached hydrogens (primary N) is 1. The fourth-order valence-corrected chi connectivity index (χ4v) is 4.84. The third-order valence-electron chi connectivity index (χ3n) is 6.00. The van der Waals surface area contributed by atoms with Crippen molar-refractivity contribution in [1.82, 2.24) is 14.5 Å². The number of nitrogens with one attached hydrogen (secondary N) is 1. The molecule has 0 saturated heterocycles. The molecule has 3 aromatic carbocycles. The molecule has 9 nitrogen and oxygen atoms in total. The summed E-state index contributed by atoms with van der Waals surface area (Å²) >= 11 is 1.27. The van der Waals surface area contributed by atoms with Gasteiger partial charge in [0.2, 0.25) is 11.9 Å². The highest BCUT2D eigenvalue weighted by Gasteiger charge is 2.19. The van der Waals surface area contributed by atoms with Crippen molar-refractivity contribution in [2.45, 2.75) is 13.0 Å². The number of fused-ring (bicyclic) bond motifs is 1. The van der Waals surface area contributed by atoms with Crippen LogP contribution in [0.4, 0.5) is 11.6 Å². The Hall–Kier alpha value is -4.83. The number of hydrogen-bond donors (Lipinski definition) is 2. The summed E-state index contributed by atoms with van der Waals surface area (Å²) in [5, 5.41) is 3.58. The van der Waals surface area contributed by atoms with E-state index in [1.54, 1.807) is 35.9 Å². The zero-order chi connectivity index (χ0) is 26.6. The van der Waals surface area contributed by atoms with E-state index >= 15 is 0 Å². The molecule has 0 bridgehead atoms. The third kappa shape index (κ3) is 5.16. The van der Waals surface area contributed by atoms with Gasteiger partial charge in [-0.05, 0) is 30.3 Å². The Bertz CT molecular complexity index is 1630. The van der Waals surface area contributed by atoms with E-state index in [9.17, 15) is 14.4 Å². The number of carbonyl (C=O) groups excluding carboxylic acids is 3. The number of nitrogens with zero attached hydrogens (tertiary/aromatic N) is 4. The van der Waals surface area contributed by atoms with Crippen LogP contribution in [0.3, 0.4) is 0 Å². The van der Waals surface area contributed by atoms with Gasteiger partial charge in [-0.3, -0.25) is 19.7 Å². The third-order valence-corrected chi connectivity index (χ3v) is 7.05. The molecule has 3 amide bonds. The minimum absolute atomic E-state index is 0.0706. The number of hydrogen-bond acceptors (Lipinski definition) is 6. The lowest BCUT2D eigenvalue weighted by Gasteiger charge is -2.17. The Labute approximate surface area is 222 Å². The molecule has 2 aromatic heterocycles. The first kappa shape index (κ1) is 24.8. The van der Waals surface area contributed by atoms with E-state index in [2.05, 4.69) is 15.3 Å². The van der Waals surface area contributed by atoms with Crippen LogP contribution in [0.15, 0.2) is 85.1 Å². The van der Waals surface area contributed by atoms with Crippen molar-refractivity contribution in [3.05, 3.63) is 95.5 Å². The molecule has 3 N–H and O–H groups in total. The first-order valence-electron chi connectivity index (χ1n) is 11.8. The number of anilines is 2. The topological polar surface area (TPSA) is 123 Å². The lowest BCUT2D eigenvalue weighted by Crippen LogP contribution is -2.26. The van der Waals surface area contributed by atoms with Crippen LogP contribution in [-0.4, -0.2) is 39.3 Å². The quantitative estimate of drug-likeness (QED) is 0.308. The van der Waals surface area contributed by atoms with E-state index in [0.29, 0.717) is 27.2 Å². The number of rotatable bonds is 8. The Morgan fingerprint density at radius 3 is 2.42 bits per heavy atom. The smallest absolute Gasteiger partial charge is 0.269 e. The fourth-order valence-electron chi connectivity index (χ4n) is 4.02. The van der Waals surface area contributed by atoms with E-state index in [0.717, 1.165) is 10.6 Å². The average Bonchev–Trinajstić information content (AvgIpc) is 3.57. The van der Waals surface area contributed by atoms with Crippen molar-refractivity contribution in [1.29, 1.82) is 0 Å². The normalized spacial score (nSPS) is 10.9. The predicted octanol–water partition coefficient (Wildman–Crippen LogP) is 4.56. The van der Waals surface area contributed by atoms with Crippen LogP contribution in [0.1, 0.15) is 26.5 Å². The zero-order valence-corrected chi connectivity index (χ0v) is 21.3. The highest BCUT2D eigenvalue weighted by molar-refractivity contribution is 7.17. The second kappa shape index (κ2) is 10.7. The Balaban J connectivity index is 1.44. The summed E-state index contributed by atoms with van der Waals surface area (Å²) in [7, 11) is 1.69. The zero-order valence-electron chi connectivity index (χ0n) is 20.5. The van der Waals surface area contributed by atoms with Gasteiger partial charge in [-0.15, -0.1) is 11.3 Å². The van der Waals surface area contributed by atoms with Crippen LogP contribution in [0, 0.1) is 0 Å². The molecule has 2 heterocycles. The van der Waals surface area contributed by atoms with Crippen LogP contribution in [0.25, 0.3) is 21.6 Å². The molecule has 5 aromatic rings. The maximum Gasteiger partial charge on any atom is 0.269 e. The monoisotopic (exact) mass is 524 g/mol. The molecule has 5 rings (SSSR count). The first-order chi connectivity index (χ1) is 18.4. The number of aryl methyl sites for hydroxylation is 1. The maximum atomic E-state index is 13.1. The van der Waals surface area contributed by atoms with Crippen molar-refractivity contribution in [2.24, 2.45) is 5.73 Å². The van der Waals surface area contributed by atoms with Gasteiger partial charge in [-0.25, -0.2) is 9.97 Å². The number of carbonyl (C=O) groups is 3. The Morgan fingerprint density at radius 1 is 1.00 bits per heavy atom. The van der Waals surface area contributed by atoms with E-state index in [4.69, 9.17) is 5.73 Å². The van der Waals surface area contributed by atoms with E-state index < -0.39 is 5.91 Å². The van der Waals surface area contributed by atoms with Gasteiger partial charge in [0.15, 0.2) is 0 Å². The molecule has 38 heavy (non-hydrogen) atoms. The molecule has 0 fully saturated rings. The summed E-state index contributed by atoms with van der Waals surface area (Å²) in [6.45, 7) is 0.234. The van der Waals surface area contributed by atoms with Crippen molar-refractivity contribution >= 4 is 51.7 Å². The molecule has 0 spiro atoms. The molecule has 0 aliphatic rings. The highest BCUT2D eigenvalue weighted by atomic mass is 32.1. The van der Waals surface area contributed by atoms with Crippen LogP contribution in [-0.2, 0) is 11.3 Å². The SMILES string of the molecule is CN(C(=O)c1ccccc1)c1ccc2c(c1)nc(NC(=O)c1cnc(-c3ccccc3)s1)n2CCC(N)=O. The molecule has 190 valence electrons. The summed E-state index contributed by atoms with van der Waals surface area (Å²) < 4.78 is 1.74. The second-order valence-electron chi connectivity index (χ2n) is 8.56. The number of aromatic nitrogens is 3. The van der Waals surface area contributed by atoms with Crippen LogP contribution < -0.4 is 16.0 Å². The Morgan fingerprint density at radius 2 is 1.71 bits per heavy atom. The van der Waals surface area contributed by atoms with E-state index in [1.165, 1.54) is 22.4 Å². The van der Waals surface area contributed by atoms with Crippen molar-refractivity contribution in [3.63, 3.8) is 0 Å². The summed E-state index contributed by atoms with van der Waals surface area (Å²) in [5.74, 6) is -0.720. The summed E-state index contributed by atoms with van der Waals surface area (Å²) in [6, 6.07) is 24.0. The van der Waals surface area contributed by atoms with Gasteiger partial charge in [0.05, 0.1) is 17.2 Å². The van der Waals surface area contributed by atoms with E-state index in [1.807, 2.05) is 54.6 Å². The van der Waals surface area contributed by atoms with E-state index in [-0.39, 0.29) is 30.7 Å². The summed E-state index contributed by atoms with van der Waals surface area (Å²) in [4.78, 5) is 48.5. The van der Waals surface area contributed by atoms with Gasteiger partial charge in [-0.1, -0.05) is 48.5 Å². The van der Waals surface area contributed by atoms with Gasteiger partial charge < -0.3 is 15.2 Å². The molecular formula is C28H24N6O3S. The van der Waals surface area contributed by atoms with Crippen molar-refractivity contribution in [3.8, 4) is 10.6 Å². The van der Waals surface area contributed by atoms with Gasteiger partial charge >= 0.3 is 0 Å². The molecule has 0 saturated carbocycles. The van der Waals surface area contributed by atoms with Crippen molar-refractivity contribution < 1.29 is 14.4 Å². The largest absolute Gasteiger partial charge is 0.370 e. The summed E-state index contributed by atoms with van der Waals surface area (Å²) in [5.41, 5.74) is 8.77. The maximum absolute atomic E-state index is 13.1. The van der Waals surface area contributed by atoms with Gasteiger partial charge in [0.25, 0.3) is 11.8 Å². The highest BCUT2D eigenvalue weighted by Crippen LogP contribution is 2.28. The minimum atomic E-state index is -0.469. The van der Waals surface area contributed by atoms with Gasteiger partial charge in [-0.2, -0.15) is 0 Å². The molecule has 0 atom stereocenters. The number of thiazole rings is 1. The molecular weight excluding hydrogens is 500 g/mol. The lowest BCUT2D eigenvalue weighted by atomic mass is 10.2. The van der Waals surface area contributed by atoms with Crippen LogP contribution in [0.2, 0.25) is 0 Å². The fraction of sp³-hybridized carbons (Fsp3) is 0.107. The minimum Gasteiger partial charge on any atom is -0.370 e. The number of amides is 3. The molecule has 0 radical (unpaired) electrons. The first-order valence-corrected chi connectivity index (χ1v) is 12.7. The van der Waals surface area contributed by atoms with Crippen molar-refractivity contribution in [2.75, 3.05) is 17.3 Å². The lowest BCUT2D eigenvalue weighted by molar-refractivity contribution is -0.118. The number of benzene rings is 3. The molecule has 0 unspecified atom stereocenters. The molecule has 10 heteroatoms. The number of primary amides is 1. The molecule has 0 aliphatic carbocycles. The Kier molecular flexibility index (Phi) is 6.96. The summed E-state index contributed by atoms with van der Waals surface area (Å²) in [6.07, 6.45) is 1.60. The predicted molar refractivity (Wildman–Crippen MR) is 148 cm³/mol. The van der Waals surface area contributed by atoms with Gasteiger partial charge in [0.1, 0.15) is 9.88 Å².